The molecule has 0 heterocycles. The molecule has 3 amide bonds. The maximum Gasteiger partial charge on any atom is 0.325 e. The van der Waals surface area contributed by atoms with E-state index in [-0.39, 0.29) is 18.6 Å². The molecule has 0 saturated carbocycles. The normalized spacial score (nSPS) is 14.3. The van der Waals surface area contributed by atoms with E-state index in [1.807, 2.05) is 6.07 Å². The highest BCUT2D eigenvalue weighted by Gasteiger charge is 2.29. The van der Waals surface area contributed by atoms with E-state index in [4.69, 9.17) is 15.9 Å². The van der Waals surface area contributed by atoms with Gasteiger partial charge >= 0.3 is 11.9 Å². The van der Waals surface area contributed by atoms with Crippen LogP contribution in [-0.4, -0.2) is 69.8 Å². The first-order valence-electron chi connectivity index (χ1n) is 9.81. The molecule has 0 aliphatic rings. The van der Waals surface area contributed by atoms with E-state index in [9.17, 15) is 24.0 Å². The maximum absolute atomic E-state index is 12.6. The zero-order valence-electron chi connectivity index (χ0n) is 17.5. The molecule has 1 aromatic rings. The van der Waals surface area contributed by atoms with Gasteiger partial charge in [-0.3, -0.25) is 24.0 Å². The van der Waals surface area contributed by atoms with Crippen LogP contribution in [0.2, 0.25) is 0 Å². The first kappa shape index (κ1) is 26.9. The van der Waals surface area contributed by atoms with Gasteiger partial charge < -0.3 is 31.9 Å². The summed E-state index contributed by atoms with van der Waals surface area (Å²) in [5, 5.41) is 24.8. The molecule has 7 N–H and O–H groups in total. The van der Waals surface area contributed by atoms with Gasteiger partial charge in [-0.2, -0.15) is 12.6 Å². The maximum atomic E-state index is 12.6. The number of hydrogen-bond donors (Lipinski definition) is 7. The fraction of sp³-hybridized carbons (Fsp3) is 0.450. The van der Waals surface area contributed by atoms with Gasteiger partial charge in [0.25, 0.3) is 0 Å². The van der Waals surface area contributed by atoms with Gasteiger partial charge in [0.15, 0.2) is 0 Å². The standard InChI is InChI=1S/C20H28N4O7S/c1-11(20(30)31)22-18(28)14(7-8-16(25)26)23-19(29)15(10-32)24-17(27)13(21)9-12-5-3-2-4-6-12/h2-6,11,13-15,32H,7-10,21H2,1H3,(H,22,28)(H,23,29)(H,24,27)(H,25,26)(H,30,31). The highest BCUT2D eigenvalue weighted by Crippen LogP contribution is 2.04. The van der Waals surface area contributed by atoms with Crippen molar-refractivity contribution in [2.75, 3.05) is 5.75 Å². The second kappa shape index (κ2) is 13.3. The van der Waals surface area contributed by atoms with Gasteiger partial charge in [0.2, 0.25) is 17.7 Å². The second-order valence-corrected chi connectivity index (χ2v) is 7.47. The molecule has 0 saturated heterocycles. The third kappa shape index (κ3) is 9.35. The lowest BCUT2D eigenvalue weighted by molar-refractivity contribution is -0.142. The number of benzene rings is 1. The minimum absolute atomic E-state index is 0.117. The third-order valence-corrected chi connectivity index (χ3v) is 4.82. The summed E-state index contributed by atoms with van der Waals surface area (Å²) in [6.45, 7) is 1.22. The summed E-state index contributed by atoms with van der Waals surface area (Å²) >= 11 is 4.05. The van der Waals surface area contributed by atoms with E-state index in [0.29, 0.717) is 0 Å². The Hall–Kier alpha value is -3.12. The lowest BCUT2D eigenvalue weighted by Crippen LogP contribution is -2.57. The Morgan fingerprint density at radius 3 is 2.03 bits per heavy atom. The lowest BCUT2D eigenvalue weighted by Gasteiger charge is -2.23. The van der Waals surface area contributed by atoms with Gasteiger partial charge in [0.05, 0.1) is 6.04 Å². The van der Waals surface area contributed by atoms with Crippen LogP contribution in [0.25, 0.3) is 0 Å². The van der Waals surface area contributed by atoms with Crippen LogP contribution >= 0.6 is 12.6 Å². The Labute approximate surface area is 190 Å². The van der Waals surface area contributed by atoms with Crippen molar-refractivity contribution in [3.8, 4) is 0 Å². The highest BCUT2D eigenvalue weighted by atomic mass is 32.1. The van der Waals surface area contributed by atoms with Gasteiger partial charge in [-0.15, -0.1) is 0 Å². The highest BCUT2D eigenvalue weighted by molar-refractivity contribution is 7.80. The van der Waals surface area contributed by atoms with Crippen LogP contribution in [0.4, 0.5) is 0 Å². The molecule has 0 aliphatic heterocycles. The molecule has 4 atom stereocenters. The number of amides is 3. The SMILES string of the molecule is CC(NC(=O)C(CCC(=O)O)NC(=O)C(CS)NC(=O)C(N)Cc1ccccc1)C(=O)O. The van der Waals surface area contributed by atoms with Gasteiger partial charge in [-0.05, 0) is 25.3 Å². The Morgan fingerprint density at radius 1 is 0.938 bits per heavy atom. The average molecular weight is 469 g/mol. The number of carbonyl (C=O) groups is 5. The zero-order valence-corrected chi connectivity index (χ0v) is 18.4. The van der Waals surface area contributed by atoms with Crippen LogP contribution in [0, 0.1) is 0 Å². The fourth-order valence-corrected chi connectivity index (χ4v) is 2.88. The van der Waals surface area contributed by atoms with Gasteiger partial charge in [-0.25, -0.2) is 0 Å². The molecule has 1 aromatic carbocycles. The molecule has 0 aromatic heterocycles. The predicted molar refractivity (Wildman–Crippen MR) is 118 cm³/mol. The molecule has 1 rings (SSSR count). The average Bonchev–Trinajstić information content (AvgIpc) is 2.74. The molecule has 11 nitrogen and oxygen atoms in total. The monoisotopic (exact) mass is 468 g/mol. The van der Waals surface area contributed by atoms with E-state index in [0.717, 1.165) is 5.56 Å². The number of hydrogen-bond acceptors (Lipinski definition) is 7. The number of rotatable bonds is 13. The van der Waals surface area contributed by atoms with E-state index in [1.165, 1.54) is 6.92 Å². The van der Waals surface area contributed by atoms with Gasteiger partial charge in [-0.1, -0.05) is 30.3 Å². The molecule has 32 heavy (non-hydrogen) atoms. The van der Waals surface area contributed by atoms with Crippen LogP contribution < -0.4 is 21.7 Å². The third-order valence-electron chi connectivity index (χ3n) is 4.46. The van der Waals surface area contributed by atoms with E-state index in [2.05, 4.69) is 28.6 Å². The number of nitrogens with one attached hydrogen (secondary N) is 3. The predicted octanol–water partition coefficient (Wildman–Crippen LogP) is -1.09. The lowest BCUT2D eigenvalue weighted by atomic mass is 10.1. The number of thiol groups is 1. The van der Waals surface area contributed by atoms with Crippen molar-refractivity contribution >= 4 is 42.3 Å². The summed E-state index contributed by atoms with van der Waals surface area (Å²) in [5.74, 6) is -4.86. The molecular formula is C20H28N4O7S. The molecule has 12 heteroatoms. The number of carboxylic acid groups (broad SMARTS) is 2. The van der Waals surface area contributed by atoms with Crippen molar-refractivity contribution in [2.24, 2.45) is 5.73 Å². The molecule has 0 fully saturated rings. The Balaban J connectivity index is 2.79. The van der Waals surface area contributed by atoms with Gasteiger partial charge in [0, 0.05) is 12.2 Å². The quantitative estimate of drug-likeness (QED) is 0.178. The van der Waals surface area contributed by atoms with Crippen molar-refractivity contribution in [2.45, 2.75) is 50.4 Å². The molecule has 0 radical (unpaired) electrons. The second-order valence-electron chi connectivity index (χ2n) is 7.10. The Morgan fingerprint density at radius 2 is 1.50 bits per heavy atom. The summed E-state index contributed by atoms with van der Waals surface area (Å²) in [5.41, 5.74) is 6.75. The number of carbonyl (C=O) groups excluding carboxylic acids is 3. The van der Waals surface area contributed by atoms with Crippen molar-refractivity contribution in [3.63, 3.8) is 0 Å². The van der Waals surface area contributed by atoms with E-state index in [1.54, 1.807) is 24.3 Å². The van der Waals surface area contributed by atoms with Crippen molar-refractivity contribution < 1.29 is 34.2 Å². The first-order valence-corrected chi connectivity index (χ1v) is 10.4. The van der Waals surface area contributed by atoms with Crippen molar-refractivity contribution in [1.29, 1.82) is 0 Å². The smallest absolute Gasteiger partial charge is 0.325 e. The number of nitrogens with two attached hydrogens (primary N) is 1. The van der Waals surface area contributed by atoms with E-state index >= 15 is 0 Å². The van der Waals surface area contributed by atoms with Crippen LogP contribution in [0.1, 0.15) is 25.3 Å². The van der Waals surface area contributed by atoms with Crippen LogP contribution in [0.15, 0.2) is 30.3 Å². The topological polar surface area (TPSA) is 188 Å². The zero-order chi connectivity index (χ0) is 24.3. The van der Waals surface area contributed by atoms with Crippen LogP contribution in [0.3, 0.4) is 0 Å². The molecule has 176 valence electrons. The summed E-state index contributed by atoms with van der Waals surface area (Å²) in [4.78, 5) is 59.2. The summed E-state index contributed by atoms with van der Waals surface area (Å²) in [6, 6.07) is 4.39. The van der Waals surface area contributed by atoms with Gasteiger partial charge in [0.1, 0.15) is 18.1 Å². The minimum Gasteiger partial charge on any atom is -0.481 e. The van der Waals surface area contributed by atoms with E-state index < -0.39 is 60.2 Å². The first-order chi connectivity index (χ1) is 15.0. The molecule has 4 unspecified atom stereocenters. The minimum atomic E-state index is -1.32. The van der Waals surface area contributed by atoms with Crippen molar-refractivity contribution in [3.05, 3.63) is 35.9 Å². The molecule has 0 spiro atoms. The number of aliphatic carboxylic acids is 2. The van der Waals surface area contributed by atoms with Crippen LogP contribution in [-0.2, 0) is 30.4 Å². The number of carboxylic acids is 2. The summed E-state index contributed by atoms with van der Waals surface area (Å²) < 4.78 is 0. The van der Waals surface area contributed by atoms with Crippen LogP contribution in [0.5, 0.6) is 0 Å². The Bertz CT molecular complexity index is 821. The van der Waals surface area contributed by atoms with Crippen molar-refractivity contribution in [1.82, 2.24) is 16.0 Å². The summed E-state index contributed by atoms with van der Waals surface area (Å²) in [6.07, 6.45) is -0.482. The molecule has 0 aliphatic carbocycles. The molecule has 0 bridgehead atoms. The fourth-order valence-electron chi connectivity index (χ4n) is 2.62. The Kier molecular flexibility index (Phi) is 11.2. The largest absolute Gasteiger partial charge is 0.481 e. The molecular weight excluding hydrogens is 440 g/mol. The summed E-state index contributed by atoms with van der Waals surface area (Å²) in [7, 11) is 0.